The minimum absolute atomic E-state index is 0.0885. The van der Waals surface area contributed by atoms with Crippen LogP contribution in [0.2, 0.25) is 0 Å². The predicted octanol–water partition coefficient (Wildman–Crippen LogP) is 1.83. The topological polar surface area (TPSA) is 132 Å². The molecule has 0 aliphatic carbocycles. The van der Waals surface area contributed by atoms with Gasteiger partial charge in [-0.3, -0.25) is 18.1 Å². The fourth-order valence-corrected chi connectivity index (χ4v) is 2.52. The van der Waals surface area contributed by atoms with Crippen LogP contribution in [-0.4, -0.2) is 48.4 Å². The van der Waals surface area contributed by atoms with Gasteiger partial charge in [0.2, 0.25) is 0 Å². The summed E-state index contributed by atoms with van der Waals surface area (Å²) < 4.78 is 40.4. The van der Waals surface area contributed by atoms with Crippen molar-refractivity contribution in [1.29, 1.82) is 0 Å². The summed E-state index contributed by atoms with van der Waals surface area (Å²) in [5.74, 6) is 0. The molecule has 0 aromatic rings. The minimum atomic E-state index is -4.10. The van der Waals surface area contributed by atoms with Crippen LogP contribution in [-0.2, 0) is 27.2 Å². The molecule has 9 nitrogen and oxygen atoms in total. The summed E-state index contributed by atoms with van der Waals surface area (Å²) in [4.78, 5) is 18.2. The van der Waals surface area contributed by atoms with Crippen molar-refractivity contribution in [3.63, 3.8) is 0 Å². The first-order valence-corrected chi connectivity index (χ1v) is 9.58. The average molecular weight is 350 g/mol. The molecule has 0 aromatic heterocycles. The third-order valence-corrected chi connectivity index (χ3v) is 4.32. The number of phosphoric acid groups is 2. The lowest BCUT2D eigenvalue weighted by molar-refractivity contribution is 0.129. The lowest BCUT2D eigenvalue weighted by Crippen LogP contribution is -2.02. The van der Waals surface area contributed by atoms with Gasteiger partial charge in [0, 0.05) is 13.7 Å². The van der Waals surface area contributed by atoms with E-state index in [1.807, 2.05) is 0 Å². The van der Waals surface area contributed by atoms with Crippen LogP contribution in [0.15, 0.2) is 0 Å². The Kier molecular flexibility index (Phi) is 11.8. The van der Waals surface area contributed by atoms with Crippen molar-refractivity contribution < 1.29 is 42.1 Å². The van der Waals surface area contributed by atoms with Crippen molar-refractivity contribution in [1.82, 2.24) is 0 Å². The Labute approximate surface area is 124 Å². The first kappa shape index (κ1) is 21.2. The number of aliphatic hydroxyl groups excluding tert-OH is 1. The molecule has 3 N–H and O–H groups in total. The predicted molar refractivity (Wildman–Crippen MR) is 74.7 cm³/mol. The summed E-state index contributed by atoms with van der Waals surface area (Å²) in [6.07, 6.45) is 3.05. The molecule has 0 rings (SSSR count). The van der Waals surface area contributed by atoms with E-state index in [9.17, 15) is 14.0 Å². The van der Waals surface area contributed by atoms with Gasteiger partial charge in [-0.25, -0.2) is 9.13 Å². The van der Waals surface area contributed by atoms with E-state index < -0.39 is 15.6 Å². The molecule has 0 fully saturated rings. The normalized spacial score (nSPS) is 17.3. The van der Waals surface area contributed by atoms with Gasteiger partial charge in [-0.2, -0.15) is 0 Å². The standard InChI is InChI=1S/C10H24O9P2/c1-16-20(12,13)17-9-6-10-19-21(14,15)18-8-5-3-2-4-7-11/h11H,2-10H2,1H3,(H,12,13)(H,14,15). The highest BCUT2D eigenvalue weighted by Crippen LogP contribution is 2.44. The summed E-state index contributed by atoms with van der Waals surface area (Å²) in [7, 11) is -7.09. The second-order valence-corrected chi connectivity index (χ2v) is 7.12. The molecule has 0 aromatic carbocycles. The molecule has 0 amide bonds. The monoisotopic (exact) mass is 350 g/mol. The van der Waals surface area contributed by atoms with Gasteiger partial charge < -0.3 is 14.9 Å². The van der Waals surface area contributed by atoms with E-state index in [1.165, 1.54) is 0 Å². The maximum atomic E-state index is 11.4. The van der Waals surface area contributed by atoms with Gasteiger partial charge in [-0.15, -0.1) is 0 Å². The van der Waals surface area contributed by atoms with E-state index in [2.05, 4.69) is 13.6 Å². The van der Waals surface area contributed by atoms with Crippen LogP contribution in [0.5, 0.6) is 0 Å². The molecule has 128 valence electrons. The fourth-order valence-electron chi connectivity index (χ4n) is 1.26. The summed E-state index contributed by atoms with van der Waals surface area (Å²) in [5.41, 5.74) is 0. The van der Waals surface area contributed by atoms with E-state index in [0.717, 1.165) is 20.0 Å². The molecular formula is C10H24O9P2. The van der Waals surface area contributed by atoms with Crippen LogP contribution in [0.3, 0.4) is 0 Å². The number of unbranched alkanes of at least 4 members (excludes halogenated alkanes) is 3. The van der Waals surface area contributed by atoms with E-state index in [-0.39, 0.29) is 32.8 Å². The smallest absolute Gasteiger partial charge is 0.396 e. The van der Waals surface area contributed by atoms with Crippen LogP contribution in [0, 0.1) is 0 Å². The molecule has 21 heavy (non-hydrogen) atoms. The van der Waals surface area contributed by atoms with Crippen molar-refractivity contribution in [2.75, 3.05) is 33.5 Å². The van der Waals surface area contributed by atoms with Gasteiger partial charge >= 0.3 is 15.6 Å². The average Bonchev–Trinajstić information content (AvgIpc) is 2.42. The number of hydrogen-bond donors (Lipinski definition) is 3. The van der Waals surface area contributed by atoms with Crippen molar-refractivity contribution in [3.8, 4) is 0 Å². The molecule has 0 aliphatic rings. The van der Waals surface area contributed by atoms with Crippen molar-refractivity contribution in [2.45, 2.75) is 32.1 Å². The maximum Gasteiger partial charge on any atom is 0.472 e. The van der Waals surface area contributed by atoms with E-state index >= 15 is 0 Å². The van der Waals surface area contributed by atoms with Crippen LogP contribution < -0.4 is 0 Å². The molecule has 2 atom stereocenters. The molecule has 0 saturated heterocycles. The van der Waals surface area contributed by atoms with Crippen LogP contribution in [0.1, 0.15) is 32.1 Å². The molecule has 2 unspecified atom stereocenters. The zero-order chi connectivity index (χ0) is 16.2. The van der Waals surface area contributed by atoms with E-state index in [4.69, 9.17) is 14.5 Å². The number of aliphatic hydroxyl groups is 1. The molecule has 0 spiro atoms. The van der Waals surface area contributed by atoms with Crippen molar-refractivity contribution >= 4 is 15.6 Å². The van der Waals surface area contributed by atoms with Gasteiger partial charge in [0.1, 0.15) is 0 Å². The molecule has 0 heterocycles. The molecule has 0 bridgehead atoms. The quantitative estimate of drug-likeness (QED) is 0.317. The zero-order valence-corrected chi connectivity index (χ0v) is 13.8. The highest BCUT2D eigenvalue weighted by atomic mass is 31.2. The molecule has 0 saturated carbocycles. The summed E-state index contributed by atoms with van der Waals surface area (Å²) in [6, 6.07) is 0. The Morgan fingerprint density at radius 2 is 1.24 bits per heavy atom. The summed E-state index contributed by atoms with van der Waals surface area (Å²) in [5, 5.41) is 8.57. The van der Waals surface area contributed by atoms with Crippen LogP contribution >= 0.6 is 15.6 Å². The minimum Gasteiger partial charge on any atom is -0.396 e. The molecule has 0 aliphatic heterocycles. The highest BCUT2D eigenvalue weighted by molar-refractivity contribution is 7.47. The number of hydrogen-bond acceptors (Lipinski definition) is 7. The Hall–Kier alpha value is 0.180. The maximum absolute atomic E-state index is 11.4. The fraction of sp³-hybridized carbons (Fsp3) is 1.00. The SMILES string of the molecule is COP(=O)(O)OCCCOP(=O)(O)OCCCCCCO. The van der Waals surface area contributed by atoms with Crippen LogP contribution in [0.25, 0.3) is 0 Å². The van der Waals surface area contributed by atoms with Gasteiger partial charge in [-0.05, 0) is 19.3 Å². The third-order valence-electron chi connectivity index (χ3n) is 2.34. The van der Waals surface area contributed by atoms with Crippen molar-refractivity contribution in [3.05, 3.63) is 0 Å². The third kappa shape index (κ3) is 13.6. The summed E-state index contributed by atoms with van der Waals surface area (Å²) >= 11 is 0. The summed E-state index contributed by atoms with van der Waals surface area (Å²) in [6.45, 7) is -0.0790. The first-order chi connectivity index (χ1) is 9.83. The van der Waals surface area contributed by atoms with E-state index in [1.54, 1.807) is 0 Å². The molecular weight excluding hydrogens is 326 g/mol. The zero-order valence-electron chi connectivity index (χ0n) is 12.0. The Balaban J connectivity index is 3.60. The second-order valence-electron chi connectivity index (χ2n) is 4.11. The van der Waals surface area contributed by atoms with Crippen molar-refractivity contribution in [2.24, 2.45) is 0 Å². The molecule has 11 heteroatoms. The first-order valence-electron chi connectivity index (χ1n) is 6.59. The van der Waals surface area contributed by atoms with Gasteiger partial charge in [0.05, 0.1) is 19.8 Å². The van der Waals surface area contributed by atoms with Gasteiger partial charge in [0.15, 0.2) is 0 Å². The lowest BCUT2D eigenvalue weighted by atomic mass is 10.2. The highest BCUT2D eigenvalue weighted by Gasteiger charge is 2.21. The van der Waals surface area contributed by atoms with Gasteiger partial charge in [0.25, 0.3) is 0 Å². The second kappa shape index (κ2) is 11.7. The Morgan fingerprint density at radius 1 is 0.762 bits per heavy atom. The Morgan fingerprint density at radius 3 is 1.76 bits per heavy atom. The lowest BCUT2D eigenvalue weighted by Gasteiger charge is -2.12. The van der Waals surface area contributed by atoms with Crippen LogP contribution in [0.4, 0.5) is 0 Å². The van der Waals surface area contributed by atoms with Gasteiger partial charge in [-0.1, -0.05) is 12.8 Å². The number of phosphoric ester groups is 2. The number of rotatable bonds is 14. The molecule has 0 radical (unpaired) electrons. The van der Waals surface area contributed by atoms with E-state index in [0.29, 0.717) is 12.8 Å². The largest absolute Gasteiger partial charge is 0.472 e. The Bertz CT molecular complexity index is 349.